The maximum atomic E-state index is 13.5. The molecular formula is C30H33N4O2P. The number of hydrazone groups is 1. The number of nitrogens with zero attached hydrogens (tertiary/aromatic N) is 1. The standard InChI is InChI=1S/C30H33N4O2P/c1-4-23(16-22-13-12-20(2)18-33-32-15-14-22)30(31)34-21(3)26-10-5-6-11-27(26)29(36)28(19-35)24-8-7-9-25(37)17-24/h4-14,17-19,21,32,34-35H,1-2,15-16,31,37H2,3H3/b13-12-,22-14+,28-19-,30-23-,33-18-. The van der Waals surface area contributed by atoms with Crippen molar-refractivity contribution in [1.82, 2.24) is 10.7 Å². The first-order chi connectivity index (χ1) is 17.8. The summed E-state index contributed by atoms with van der Waals surface area (Å²) < 4.78 is 0. The molecule has 190 valence electrons. The Morgan fingerprint density at radius 1 is 1.27 bits per heavy atom. The van der Waals surface area contributed by atoms with Gasteiger partial charge in [0.2, 0.25) is 0 Å². The number of rotatable bonds is 9. The molecule has 2 atom stereocenters. The number of hydrogen-bond acceptors (Lipinski definition) is 6. The van der Waals surface area contributed by atoms with Gasteiger partial charge in [-0.05, 0) is 46.1 Å². The monoisotopic (exact) mass is 512 g/mol. The van der Waals surface area contributed by atoms with Gasteiger partial charge < -0.3 is 21.6 Å². The topological polar surface area (TPSA) is 99.7 Å². The van der Waals surface area contributed by atoms with Crippen LogP contribution in [0.1, 0.15) is 40.9 Å². The van der Waals surface area contributed by atoms with Crippen LogP contribution in [0.15, 0.2) is 120 Å². The lowest BCUT2D eigenvalue weighted by Crippen LogP contribution is -2.26. The molecular weight excluding hydrogens is 479 g/mol. The molecule has 0 aliphatic carbocycles. The number of Topliss-reactive ketones (excluding diaryl/α,β-unsaturated/α-hetero) is 1. The molecule has 1 aliphatic rings. The van der Waals surface area contributed by atoms with Crippen molar-refractivity contribution in [1.29, 1.82) is 0 Å². The molecule has 0 fully saturated rings. The number of aliphatic hydroxyl groups excluding tert-OH is 1. The van der Waals surface area contributed by atoms with E-state index in [1.165, 1.54) is 0 Å². The van der Waals surface area contributed by atoms with E-state index in [0.29, 0.717) is 29.9 Å². The fourth-order valence-electron chi connectivity index (χ4n) is 3.91. The second-order valence-corrected chi connectivity index (χ2v) is 9.24. The molecule has 5 N–H and O–H groups in total. The van der Waals surface area contributed by atoms with Crippen LogP contribution in [0.2, 0.25) is 0 Å². The Balaban J connectivity index is 1.85. The van der Waals surface area contributed by atoms with E-state index >= 15 is 0 Å². The van der Waals surface area contributed by atoms with Gasteiger partial charge in [0.1, 0.15) is 5.82 Å². The Hall–Kier alpha value is -4.15. The van der Waals surface area contributed by atoms with Crippen LogP contribution in [0, 0.1) is 0 Å². The Kier molecular flexibility index (Phi) is 9.82. The SMILES string of the molecule is C=C/C(CC1=C/CN/N=C\C(=C)/C=C\1)=C(\N)NC(C)c1ccccc1C(=O)/C(=C\O)c1cccc(P)c1. The van der Waals surface area contributed by atoms with Crippen LogP contribution in [-0.2, 0) is 0 Å². The third-order valence-corrected chi connectivity index (χ3v) is 6.25. The first-order valence-corrected chi connectivity index (χ1v) is 12.4. The van der Waals surface area contributed by atoms with Gasteiger partial charge in [-0.15, -0.1) is 9.24 Å². The van der Waals surface area contributed by atoms with Gasteiger partial charge in [0, 0.05) is 12.0 Å². The van der Waals surface area contributed by atoms with E-state index in [1.54, 1.807) is 30.5 Å². The summed E-state index contributed by atoms with van der Waals surface area (Å²) in [5.41, 5.74) is 14.2. The molecule has 0 bridgehead atoms. The van der Waals surface area contributed by atoms with Gasteiger partial charge in [0.15, 0.2) is 5.78 Å². The number of aliphatic hydroxyl groups is 1. The number of nitrogens with two attached hydrogens (primary N) is 1. The minimum atomic E-state index is -0.289. The summed E-state index contributed by atoms with van der Waals surface area (Å²) in [5.74, 6) is 0.195. The van der Waals surface area contributed by atoms with Crippen LogP contribution in [-0.4, -0.2) is 23.6 Å². The van der Waals surface area contributed by atoms with Crippen molar-refractivity contribution >= 4 is 32.1 Å². The van der Waals surface area contributed by atoms with E-state index in [0.717, 1.165) is 33.8 Å². The zero-order valence-electron chi connectivity index (χ0n) is 20.9. The van der Waals surface area contributed by atoms with Crippen molar-refractivity contribution < 1.29 is 9.90 Å². The zero-order chi connectivity index (χ0) is 26.8. The fraction of sp³-hybridized carbons (Fsp3) is 0.133. The van der Waals surface area contributed by atoms with Gasteiger partial charge >= 0.3 is 0 Å². The molecule has 0 aromatic heterocycles. The number of nitrogens with one attached hydrogen (secondary N) is 2. The summed E-state index contributed by atoms with van der Waals surface area (Å²) >= 11 is 0. The maximum absolute atomic E-state index is 13.5. The summed E-state index contributed by atoms with van der Waals surface area (Å²) in [4.78, 5) is 13.5. The quantitative estimate of drug-likeness (QED) is 0.125. The molecule has 0 radical (unpaired) electrons. The average molecular weight is 513 g/mol. The summed E-state index contributed by atoms with van der Waals surface area (Å²) in [7, 11) is 2.60. The number of carbonyl (C=O) groups excluding carboxylic acids is 1. The molecule has 3 rings (SSSR count). The highest BCUT2D eigenvalue weighted by Crippen LogP contribution is 2.26. The van der Waals surface area contributed by atoms with Crippen molar-refractivity contribution in [3.8, 4) is 0 Å². The van der Waals surface area contributed by atoms with Crippen molar-refractivity contribution in [3.63, 3.8) is 0 Å². The minimum Gasteiger partial charge on any atom is -0.515 e. The highest BCUT2D eigenvalue weighted by atomic mass is 31.0. The summed E-state index contributed by atoms with van der Waals surface area (Å²) in [6.45, 7) is 10.4. The maximum Gasteiger partial charge on any atom is 0.197 e. The van der Waals surface area contributed by atoms with Crippen LogP contribution >= 0.6 is 9.24 Å². The molecule has 1 heterocycles. The summed E-state index contributed by atoms with van der Waals surface area (Å²) in [5, 5.41) is 18.3. The molecule has 6 nitrogen and oxygen atoms in total. The largest absolute Gasteiger partial charge is 0.515 e. The van der Waals surface area contributed by atoms with Crippen LogP contribution in [0.25, 0.3) is 5.57 Å². The first kappa shape index (κ1) is 27.4. The second kappa shape index (κ2) is 13.2. The van der Waals surface area contributed by atoms with E-state index in [-0.39, 0.29) is 17.4 Å². The molecule has 0 saturated carbocycles. The molecule has 0 spiro atoms. The fourth-order valence-corrected chi connectivity index (χ4v) is 4.20. The Morgan fingerprint density at radius 3 is 2.78 bits per heavy atom. The highest BCUT2D eigenvalue weighted by Gasteiger charge is 2.21. The van der Waals surface area contributed by atoms with Gasteiger partial charge in [-0.2, -0.15) is 5.10 Å². The van der Waals surface area contributed by atoms with Crippen molar-refractivity contribution in [3.05, 3.63) is 131 Å². The van der Waals surface area contributed by atoms with E-state index in [1.807, 2.05) is 55.5 Å². The lowest BCUT2D eigenvalue weighted by atomic mass is 9.92. The number of carbonyl (C=O) groups is 1. The molecule has 37 heavy (non-hydrogen) atoms. The molecule has 2 aromatic rings. The minimum absolute atomic E-state index is 0.220. The Labute approximate surface area is 221 Å². The average Bonchev–Trinajstić information content (AvgIpc) is 2.99. The third kappa shape index (κ3) is 7.42. The molecule has 0 saturated heterocycles. The highest BCUT2D eigenvalue weighted by molar-refractivity contribution is 7.27. The Morgan fingerprint density at radius 2 is 2.05 bits per heavy atom. The van der Waals surface area contributed by atoms with Crippen molar-refractivity contribution in [2.24, 2.45) is 10.8 Å². The Bertz CT molecular complexity index is 1330. The van der Waals surface area contributed by atoms with Gasteiger partial charge in [0.05, 0.1) is 30.6 Å². The summed E-state index contributed by atoms with van der Waals surface area (Å²) in [6.07, 6.45) is 10.8. The number of hydrogen-bond donors (Lipinski definition) is 4. The van der Waals surface area contributed by atoms with Gasteiger partial charge in [-0.3, -0.25) is 4.79 Å². The third-order valence-electron chi connectivity index (χ3n) is 5.89. The number of allylic oxidation sites excluding steroid dienone is 7. The normalized spacial score (nSPS) is 18.5. The van der Waals surface area contributed by atoms with Gasteiger partial charge in [0.25, 0.3) is 0 Å². The lowest BCUT2D eigenvalue weighted by molar-refractivity contribution is 0.105. The van der Waals surface area contributed by atoms with Crippen LogP contribution < -0.4 is 21.8 Å². The number of benzene rings is 2. The van der Waals surface area contributed by atoms with E-state index in [9.17, 15) is 9.90 Å². The van der Waals surface area contributed by atoms with Crippen molar-refractivity contribution in [2.75, 3.05) is 6.54 Å². The van der Waals surface area contributed by atoms with Crippen LogP contribution in [0.4, 0.5) is 0 Å². The molecule has 7 heteroatoms. The molecule has 0 amide bonds. The first-order valence-electron chi connectivity index (χ1n) is 11.9. The predicted molar refractivity (Wildman–Crippen MR) is 158 cm³/mol. The van der Waals surface area contributed by atoms with E-state index in [2.05, 4.69) is 38.2 Å². The van der Waals surface area contributed by atoms with Crippen molar-refractivity contribution in [2.45, 2.75) is 19.4 Å². The zero-order valence-corrected chi connectivity index (χ0v) is 22.1. The molecule has 2 aromatic carbocycles. The van der Waals surface area contributed by atoms with E-state index in [4.69, 9.17) is 5.73 Å². The molecule has 1 aliphatic heterocycles. The lowest BCUT2D eigenvalue weighted by Gasteiger charge is -2.21. The van der Waals surface area contributed by atoms with Gasteiger partial charge in [-0.1, -0.05) is 79.9 Å². The molecule has 2 unspecified atom stereocenters. The second-order valence-electron chi connectivity index (χ2n) is 8.58. The van der Waals surface area contributed by atoms with Crippen LogP contribution in [0.3, 0.4) is 0 Å². The van der Waals surface area contributed by atoms with E-state index < -0.39 is 0 Å². The predicted octanol–water partition coefficient (Wildman–Crippen LogP) is 4.99. The number of ketones is 1. The smallest absolute Gasteiger partial charge is 0.197 e. The van der Waals surface area contributed by atoms with Gasteiger partial charge in [-0.25, -0.2) is 0 Å². The summed E-state index contributed by atoms with van der Waals surface area (Å²) in [6, 6.07) is 14.4. The van der Waals surface area contributed by atoms with Crippen LogP contribution in [0.5, 0.6) is 0 Å².